The predicted octanol–water partition coefficient (Wildman–Crippen LogP) is 4.29. The fourth-order valence-electron chi connectivity index (χ4n) is 7.37. The molecule has 1 saturated carbocycles. The van der Waals surface area contributed by atoms with Crippen molar-refractivity contribution in [3.05, 3.63) is 11.1 Å². The van der Waals surface area contributed by atoms with Gasteiger partial charge in [-0.2, -0.15) is 0 Å². The molecule has 2 fully saturated rings. The molecule has 23 heavy (non-hydrogen) atoms. The van der Waals surface area contributed by atoms with Crippen molar-refractivity contribution in [2.45, 2.75) is 78.2 Å². The molecule has 0 spiro atoms. The van der Waals surface area contributed by atoms with Gasteiger partial charge in [0.2, 0.25) is 0 Å². The number of hydrogen-bond donors (Lipinski definition) is 2. The molecule has 0 aromatic heterocycles. The summed E-state index contributed by atoms with van der Waals surface area (Å²) in [7, 11) is 0. The van der Waals surface area contributed by atoms with Crippen LogP contribution in [0.4, 0.5) is 0 Å². The second-order valence-electron chi connectivity index (χ2n) is 9.37. The van der Waals surface area contributed by atoms with Crippen molar-refractivity contribution in [2.24, 2.45) is 28.6 Å². The van der Waals surface area contributed by atoms with E-state index in [1.54, 1.807) is 11.1 Å². The van der Waals surface area contributed by atoms with E-state index in [-0.39, 0.29) is 5.41 Å². The molecule has 2 nitrogen and oxygen atoms in total. The smallest absolute Gasteiger partial charge is 0.0440 e. The molecule has 0 aromatic rings. The third kappa shape index (κ3) is 2.00. The standard InChI is InChI=1S/C21H35NO/c1-14(2)17-9-10-20(3)16-8-7-15-5-4-6-18(15)21(20,11-12-23)19(17)22-13-16/h14,16-17,19,22-23H,4-13H2,1-3H3. The number of piperidine rings is 1. The van der Waals surface area contributed by atoms with Crippen LogP contribution in [0.25, 0.3) is 0 Å². The molecule has 130 valence electrons. The maximum absolute atomic E-state index is 10.1. The van der Waals surface area contributed by atoms with Crippen molar-refractivity contribution in [2.75, 3.05) is 13.2 Å². The van der Waals surface area contributed by atoms with Crippen LogP contribution < -0.4 is 5.32 Å². The number of nitrogens with one attached hydrogen (secondary N) is 1. The Morgan fingerprint density at radius 1 is 1.22 bits per heavy atom. The minimum absolute atomic E-state index is 0.236. The van der Waals surface area contributed by atoms with Gasteiger partial charge in [0.05, 0.1) is 0 Å². The van der Waals surface area contributed by atoms with Crippen LogP contribution in [0.5, 0.6) is 0 Å². The highest BCUT2D eigenvalue weighted by atomic mass is 16.3. The zero-order valence-electron chi connectivity index (χ0n) is 15.3. The van der Waals surface area contributed by atoms with Crippen molar-refractivity contribution >= 4 is 0 Å². The summed E-state index contributed by atoms with van der Waals surface area (Å²) in [4.78, 5) is 0. The van der Waals surface area contributed by atoms with Gasteiger partial charge in [0.15, 0.2) is 0 Å². The van der Waals surface area contributed by atoms with Gasteiger partial charge in [-0.05, 0) is 81.1 Å². The Labute approximate surface area is 142 Å². The third-order valence-corrected chi connectivity index (χ3v) is 8.49. The largest absolute Gasteiger partial charge is 0.396 e. The van der Waals surface area contributed by atoms with Gasteiger partial charge >= 0.3 is 0 Å². The van der Waals surface area contributed by atoms with Crippen LogP contribution in [0, 0.1) is 28.6 Å². The molecular weight excluding hydrogens is 282 g/mol. The van der Waals surface area contributed by atoms with Gasteiger partial charge in [-0.15, -0.1) is 0 Å². The lowest BCUT2D eigenvalue weighted by atomic mass is 9.42. The van der Waals surface area contributed by atoms with Gasteiger partial charge < -0.3 is 10.4 Å². The average Bonchev–Trinajstić information content (AvgIpc) is 2.95. The Morgan fingerprint density at radius 2 is 2.04 bits per heavy atom. The van der Waals surface area contributed by atoms with Crippen LogP contribution in [0.1, 0.15) is 72.1 Å². The first-order valence-corrected chi connectivity index (χ1v) is 10.1. The van der Waals surface area contributed by atoms with Crippen LogP contribution in [0.15, 0.2) is 11.1 Å². The molecule has 4 rings (SSSR count). The summed E-state index contributed by atoms with van der Waals surface area (Å²) in [6.07, 6.45) is 10.4. The minimum atomic E-state index is 0.236. The van der Waals surface area contributed by atoms with E-state index < -0.39 is 0 Å². The van der Waals surface area contributed by atoms with Crippen LogP contribution in [-0.2, 0) is 0 Å². The van der Waals surface area contributed by atoms with Crippen molar-refractivity contribution in [1.29, 1.82) is 0 Å². The summed E-state index contributed by atoms with van der Waals surface area (Å²) in [5.41, 5.74) is 4.24. The summed E-state index contributed by atoms with van der Waals surface area (Å²) in [5, 5.41) is 14.1. The second kappa shape index (κ2) is 5.59. The first kappa shape index (κ1) is 16.1. The molecule has 1 aliphatic heterocycles. The van der Waals surface area contributed by atoms with Crippen LogP contribution in [-0.4, -0.2) is 24.3 Å². The molecule has 1 heterocycles. The summed E-state index contributed by atoms with van der Waals surface area (Å²) >= 11 is 0. The van der Waals surface area contributed by atoms with E-state index in [4.69, 9.17) is 0 Å². The highest BCUT2D eigenvalue weighted by molar-refractivity contribution is 5.37. The normalized spacial score (nSPS) is 46.0. The first-order chi connectivity index (χ1) is 11.0. The minimum Gasteiger partial charge on any atom is -0.396 e. The van der Waals surface area contributed by atoms with Gasteiger partial charge in [-0.1, -0.05) is 31.9 Å². The van der Waals surface area contributed by atoms with Crippen molar-refractivity contribution in [3.8, 4) is 0 Å². The molecule has 0 aromatic carbocycles. The van der Waals surface area contributed by atoms with Gasteiger partial charge in [0.1, 0.15) is 0 Å². The molecule has 2 N–H and O–H groups in total. The maximum Gasteiger partial charge on any atom is 0.0440 e. The van der Waals surface area contributed by atoms with Crippen molar-refractivity contribution in [1.82, 2.24) is 5.32 Å². The summed E-state index contributed by atoms with van der Waals surface area (Å²) in [5.74, 6) is 2.30. The number of aliphatic hydroxyl groups excluding tert-OH is 1. The average molecular weight is 318 g/mol. The van der Waals surface area contributed by atoms with E-state index in [0.717, 1.165) is 24.2 Å². The summed E-state index contributed by atoms with van der Waals surface area (Å²) in [6, 6.07) is 0.589. The van der Waals surface area contributed by atoms with Crippen molar-refractivity contribution in [3.63, 3.8) is 0 Å². The van der Waals surface area contributed by atoms with E-state index in [1.165, 1.54) is 51.5 Å². The van der Waals surface area contributed by atoms with E-state index in [2.05, 4.69) is 26.1 Å². The van der Waals surface area contributed by atoms with Crippen molar-refractivity contribution < 1.29 is 5.11 Å². The molecule has 5 unspecified atom stereocenters. The molecule has 4 bridgehead atoms. The fourth-order valence-corrected chi connectivity index (χ4v) is 7.37. The second-order valence-corrected chi connectivity index (χ2v) is 9.37. The Balaban J connectivity index is 1.90. The highest BCUT2D eigenvalue weighted by Crippen LogP contribution is 2.68. The lowest BCUT2D eigenvalue weighted by molar-refractivity contribution is -0.121. The van der Waals surface area contributed by atoms with E-state index in [1.807, 2.05) is 0 Å². The zero-order valence-corrected chi connectivity index (χ0v) is 15.3. The Hall–Kier alpha value is -0.340. The predicted molar refractivity (Wildman–Crippen MR) is 95.2 cm³/mol. The van der Waals surface area contributed by atoms with E-state index >= 15 is 0 Å². The topological polar surface area (TPSA) is 32.3 Å². The molecule has 3 aliphatic carbocycles. The molecule has 5 atom stereocenters. The van der Waals surface area contributed by atoms with Crippen LogP contribution in [0.3, 0.4) is 0 Å². The Kier molecular flexibility index (Phi) is 3.93. The fraction of sp³-hybridized carbons (Fsp3) is 0.905. The Morgan fingerprint density at radius 3 is 2.78 bits per heavy atom. The number of allylic oxidation sites excluding steroid dienone is 1. The van der Waals surface area contributed by atoms with Crippen LogP contribution >= 0.6 is 0 Å². The summed E-state index contributed by atoms with van der Waals surface area (Å²) in [6.45, 7) is 8.98. The quantitative estimate of drug-likeness (QED) is 0.761. The maximum atomic E-state index is 10.1. The van der Waals surface area contributed by atoms with E-state index in [9.17, 15) is 5.11 Å². The Bertz CT molecular complexity index is 510. The number of hydrogen-bond acceptors (Lipinski definition) is 2. The van der Waals surface area contributed by atoms with E-state index in [0.29, 0.717) is 18.1 Å². The molecule has 1 saturated heterocycles. The molecular formula is C21H35NO. The molecule has 2 heteroatoms. The highest BCUT2D eigenvalue weighted by Gasteiger charge is 2.65. The summed E-state index contributed by atoms with van der Waals surface area (Å²) < 4.78 is 0. The monoisotopic (exact) mass is 317 g/mol. The number of rotatable bonds is 3. The molecule has 0 radical (unpaired) electrons. The van der Waals surface area contributed by atoms with Crippen LogP contribution in [0.2, 0.25) is 0 Å². The zero-order chi connectivity index (χ0) is 16.2. The molecule has 0 amide bonds. The SMILES string of the molecule is CC(C)C1CCC2(C)C3CCC4=C(CCC4)C2(CCO)C1NC3. The van der Waals surface area contributed by atoms with Gasteiger partial charge in [-0.3, -0.25) is 0 Å². The molecule has 4 aliphatic rings. The van der Waals surface area contributed by atoms with Gasteiger partial charge in [0, 0.05) is 18.1 Å². The van der Waals surface area contributed by atoms with Gasteiger partial charge in [-0.25, -0.2) is 0 Å². The first-order valence-electron chi connectivity index (χ1n) is 10.1. The third-order valence-electron chi connectivity index (χ3n) is 8.49. The van der Waals surface area contributed by atoms with Gasteiger partial charge in [0.25, 0.3) is 0 Å². The lowest BCUT2D eigenvalue weighted by Crippen LogP contribution is -2.69. The number of aliphatic hydroxyl groups is 1. The lowest BCUT2D eigenvalue weighted by Gasteiger charge is -2.66.